The smallest absolute Gasteiger partial charge is 0.258 e. The quantitative estimate of drug-likeness (QED) is 0.183. The maximum atomic E-state index is 14.0. The second kappa shape index (κ2) is 12.8. The Kier molecular flexibility index (Phi) is 9.61. The zero-order chi connectivity index (χ0) is 31.0. The molecule has 2 bridgehead atoms. The lowest BCUT2D eigenvalue weighted by Gasteiger charge is -2.56. The Balaban J connectivity index is 1.22. The van der Waals surface area contributed by atoms with Gasteiger partial charge in [0.25, 0.3) is 5.91 Å². The summed E-state index contributed by atoms with van der Waals surface area (Å²) in [6, 6.07) is 3.10. The van der Waals surface area contributed by atoms with Gasteiger partial charge in [-0.05, 0) is 76.8 Å². The van der Waals surface area contributed by atoms with Crippen LogP contribution in [0.15, 0.2) is 18.2 Å². The zero-order valence-corrected chi connectivity index (χ0v) is 26.2. The minimum atomic E-state index is -0.853. The van der Waals surface area contributed by atoms with Crippen LogP contribution < -0.4 is 26.1 Å². The van der Waals surface area contributed by atoms with E-state index in [1.807, 2.05) is 12.1 Å². The lowest BCUT2D eigenvalue weighted by atomic mass is 9.59. The molecule has 240 valence electrons. The number of nitrogens with zero attached hydrogens (tertiary/aromatic N) is 1. The highest BCUT2D eigenvalue weighted by Crippen LogP contribution is 2.47. The van der Waals surface area contributed by atoms with E-state index in [9.17, 15) is 24.2 Å². The van der Waals surface area contributed by atoms with Crippen molar-refractivity contribution in [3.63, 3.8) is 0 Å². The molecule has 0 aromatic heterocycles. The number of ether oxygens (including phenoxy) is 1. The molecule has 5 aliphatic rings. The number of carbonyl (C=O) groups is 2. The van der Waals surface area contributed by atoms with Crippen molar-refractivity contribution in [3.8, 4) is 5.75 Å². The van der Waals surface area contributed by atoms with Crippen LogP contribution in [-0.4, -0.2) is 81.7 Å². The number of likely N-dealkylation sites (N-methyl/N-ethyl adjacent to an activating group) is 1. The number of fused-ring (bicyclic) bond motifs is 3. The molecule has 1 heterocycles. The third-order valence-electron chi connectivity index (χ3n) is 10.5. The van der Waals surface area contributed by atoms with Crippen LogP contribution in [0, 0.1) is 11.7 Å². The van der Waals surface area contributed by atoms with Crippen LogP contribution in [0.1, 0.15) is 84.5 Å². The molecule has 5 fully saturated rings. The van der Waals surface area contributed by atoms with E-state index in [4.69, 9.17) is 16.3 Å². The molecule has 0 radical (unpaired) electrons. The summed E-state index contributed by atoms with van der Waals surface area (Å²) < 4.78 is 19.2. The first-order valence-electron chi connectivity index (χ1n) is 15.7. The number of amides is 2. The summed E-state index contributed by atoms with van der Waals surface area (Å²) in [6.07, 6.45) is 7.84. The standard InChI is InChI=1S/C31H47ClFN5O5/c1-19(39)34-27-26(38(3)37-29(27,2)20-8-6-4-5-7-9-20)28(42)36-30-12-14-31(15-13-30,24(40)17-30)35-25(41)18-43-21-10-11-22(32)23(33)16-21/h10-11,16,19-20,24,26-27,34,37,39-40H,4-9,12-15,17-18H2,1-3H3,(H,35,41)(H,36,42). The Bertz CT molecular complexity index is 1170. The third-order valence-corrected chi connectivity index (χ3v) is 10.9. The van der Waals surface area contributed by atoms with Crippen molar-refractivity contribution in [2.45, 2.75) is 126 Å². The number of hydrazine groups is 1. The van der Waals surface area contributed by atoms with Crippen molar-refractivity contribution in [3.05, 3.63) is 29.0 Å². The van der Waals surface area contributed by atoms with Crippen LogP contribution in [0.4, 0.5) is 4.39 Å². The SMILES string of the molecule is CC(O)NC1C(C(=O)NC23CCC(NC(=O)COc4ccc(Cl)c(F)c4)(CC2)C(O)C3)N(C)NC1(C)C1CCCCCC1. The number of benzene rings is 1. The van der Waals surface area contributed by atoms with Crippen LogP contribution in [0.5, 0.6) is 5.75 Å². The molecular formula is C31H47ClFN5O5. The number of carbonyl (C=O) groups excluding carboxylic acids is 2. The van der Waals surface area contributed by atoms with Crippen molar-refractivity contribution in [2.75, 3.05) is 13.7 Å². The first-order chi connectivity index (χ1) is 20.4. The molecule has 1 aromatic rings. The van der Waals surface area contributed by atoms with Crippen molar-refractivity contribution in [2.24, 2.45) is 5.92 Å². The highest BCUT2D eigenvalue weighted by molar-refractivity contribution is 6.30. The Labute approximate surface area is 258 Å². The van der Waals surface area contributed by atoms with Crippen LogP contribution >= 0.6 is 11.6 Å². The molecule has 5 atom stereocenters. The number of aliphatic hydroxyl groups is 2. The zero-order valence-electron chi connectivity index (χ0n) is 25.4. The number of aliphatic hydroxyl groups excluding tert-OH is 2. The molecule has 10 nitrogen and oxygen atoms in total. The molecule has 4 saturated carbocycles. The first kappa shape index (κ1) is 32.4. The van der Waals surface area contributed by atoms with Gasteiger partial charge in [-0.3, -0.25) is 14.9 Å². The van der Waals surface area contributed by atoms with E-state index in [0.717, 1.165) is 31.7 Å². The average Bonchev–Trinajstić information content (AvgIpc) is 3.10. The first-order valence-corrected chi connectivity index (χ1v) is 16.1. The van der Waals surface area contributed by atoms with Gasteiger partial charge in [0.15, 0.2) is 6.61 Å². The van der Waals surface area contributed by atoms with Crippen molar-refractivity contribution in [1.82, 2.24) is 26.4 Å². The van der Waals surface area contributed by atoms with Gasteiger partial charge in [-0.15, -0.1) is 0 Å². The number of rotatable bonds is 9. The van der Waals surface area contributed by atoms with Gasteiger partial charge in [-0.25, -0.2) is 14.8 Å². The Morgan fingerprint density at radius 1 is 1.16 bits per heavy atom. The molecule has 1 aromatic carbocycles. The monoisotopic (exact) mass is 623 g/mol. The Hall–Kier alpha value is -2.02. The van der Waals surface area contributed by atoms with E-state index >= 15 is 0 Å². The lowest BCUT2D eigenvalue weighted by Crippen LogP contribution is -2.71. The summed E-state index contributed by atoms with van der Waals surface area (Å²) in [6.45, 7) is 3.53. The molecule has 1 aliphatic heterocycles. The second-order valence-corrected chi connectivity index (χ2v) is 13.9. The van der Waals surface area contributed by atoms with E-state index < -0.39 is 46.7 Å². The molecule has 0 spiro atoms. The maximum Gasteiger partial charge on any atom is 0.258 e. The van der Waals surface area contributed by atoms with Gasteiger partial charge in [0, 0.05) is 18.7 Å². The fourth-order valence-corrected chi connectivity index (χ4v) is 8.29. The maximum absolute atomic E-state index is 14.0. The highest BCUT2D eigenvalue weighted by atomic mass is 35.5. The normalized spacial score (nSPS) is 35.7. The summed E-state index contributed by atoms with van der Waals surface area (Å²) >= 11 is 5.71. The average molecular weight is 624 g/mol. The predicted octanol–water partition coefficient (Wildman–Crippen LogP) is 2.75. The van der Waals surface area contributed by atoms with E-state index in [0.29, 0.717) is 38.0 Å². The van der Waals surface area contributed by atoms with Gasteiger partial charge >= 0.3 is 0 Å². The fraction of sp³-hybridized carbons (Fsp3) is 0.742. The third kappa shape index (κ3) is 6.67. The molecule has 2 amide bonds. The van der Waals surface area contributed by atoms with Crippen LogP contribution in [0.25, 0.3) is 0 Å². The topological polar surface area (TPSA) is 135 Å². The molecular weight excluding hydrogens is 577 g/mol. The number of hydrogen-bond donors (Lipinski definition) is 6. The predicted molar refractivity (Wildman–Crippen MR) is 161 cm³/mol. The molecule has 4 aliphatic carbocycles. The van der Waals surface area contributed by atoms with Gasteiger partial charge in [0.2, 0.25) is 5.91 Å². The minimum absolute atomic E-state index is 0.0296. The summed E-state index contributed by atoms with van der Waals surface area (Å²) in [5.74, 6) is -0.624. The second-order valence-electron chi connectivity index (χ2n) is 13.5. The highest BCUT2D eigenvalue weighted by Gasteiger charge is 2.58. The Morgan fingerprint density at radius 3 is 2.44 bits per heavy atom. The number of hydrogen-bond acceptors (Lipinski definition) is 8. The van der Waals surface area contributed by atoms with Crippen molar-refractivity contribution >= 4 is 23.4 Å². The van der Waals surface area contributed by atoms with Crippen LogP contribution in [-0.2, 0) is 9.59 Å². The van der Waals surface area contributed by atoms with E-state index in [1.54, 1.807) is 6.92 Å². The van der Waals surface area contributed by atoms with Crippen molar-refractivity contribution < 1.29 is 28.9 Å². The van der Waals surface area contributed by atoms with E-state index in [1.165, 1.54) is 25.0 Å². The van der Waals surface area contributed by atoms with E-state index in [-0.39, 0.29) is 29.3 Å². The van der Waals surface area contributed by atoms with E-state index in [2.05, 4.69) is 28.3 Å². The summed E-state index contributed by atoms with van der Waals surface area (Å²) in [7, 11) is 1.89. The summed E-state index contributed by atoms with van der Waals surface area (Å²) in [4.78, 5) is 26.8. The lowest BCUT2D eigenvalue weighted by molar-refractivity contribution is -0.138. The summed E-state index contributed by atoms with van der Waals surface area (Å²) in [5, 5.41) is 33.1. The number of nitrogens with one attached hydrogen (secondary N) is 4. The molecule has 43 heavy (non-hydrogen) atoms. The van der Waals surface area contributed by atoms with Crippen LogP contribution in [0.3, 0.4) is 0 Å². The molecule has 1 saturated heterocycles. The largest absolute Gasteiger partial charge is 0.484 e. The number of halogens is 2. The van der Waals surface area contributed by atoms with Gasteiger partial charge < -0.3 is 25.6 Å². The molecule has 6 rings (SSSR count). The minimum Gasteiger partial charge on any atom is -0.484 e. The van der Waals surface area contributed by atoms with Crippen molar-refractivity contribution in [1.29, 1.82) is 0 Å². The summed E-state index contributed by atoms with van der Waals surface area (Å²) in [5.41, 5.74) is 1.82. The van der Waals surface area contributed by atoms with Gasteiger partial charge in [0.1, 0.15) is 23.8 Å². The molecule has 6 N–H and O–H groups in total. The molecule has 12 heteroatoms. The molecule has 5 unspecified atom stereocenters. The Morgan fingerprint density at radius 2 is 1.84 bits per heavy atom. The fourth-order valence-electron chi connectivity index (χ4n) is 8.17. The van der Waals surface area contributed by atoms with Crippen LogP contribution in [0.2, 0.25) is 5.02 Å². The van der Waals surface area contributed by atoms with Gasteiger partial charge in [0.05, 0.1) is 28.2 Å². The van der Waals surface area contributed by atoms with Gasteiger partial charge in [-0.1, -0.05) is 37.3 Å². The van der Waals surface area contributed by atoms with Gasteiger partial charge in [-0.2, -0.15) is 0 Å².